The number of hydrogen-bond donors (Lipinski definition) is 4. The monoisotopic (exact) mass is 519 g/mol. The van der Waals surface area contributed by atoms with E-state index in [4.69, 9.17) is 9.94 Å². The van der Waals surface area contributed by atoms with Crippen LogP contribution in [-0.4, -0.2) is 37.5 Å². The third-order valence-corrected chi connectivity index (χ3v) is 6.69. The van der Waals surface area contributed by atoms with Gasteiger partial charge in [0.1, 0.15) is 11.8 Å². The molecule has 0 unspecified atom stereocenters. The van der Waals surface area contributed by atoms with E-state index >= 15 is 0 Å². The van der Waals surface area contributed by atoms with E-state index in [-0.39, 0.29) is 15.7 Å². The SMILES string of the molecule is COC(=O)[C@@H](NO)C(C)(C)C.COc1ccc(C)cc1NC(=O)Nc1ccc(C2CCC(C)CC2)cc1.[HH].[HH].[HH]. The number of urea groups is 1. The lowest BCUT2D eigenvalue weighted by Crippen LogP contribution is -2.45. The number of amides is 2. The topological polar surface area (TPSA) is 109 Å². The molecule has 0 saturated heterocycles. The molecule has 1 aliphatic carbocycles. The molecule has 37 heavy (non-hydrogen) atoms. The minimum Gasteiger partial charge on any atom is -0.495 e. The number of carbonyl (C=O) groups is 2. The quantitative estimate of drug-likeness (QED) is 0.237. The molecule has 8 heteroatoms. The number of hydrogen-bond acceptors (Lipinski definition) is 6. The Morgan fingerprint density at radius 1 is 1.00 bits per heavy atom. The highest BCUT2D eigenvalue weighted by Crippen LogP contribution is 2.35. The van der Waals surface area contributed by atoms with Crippen molar-refractivity contribution in [3.8, 4) is 5.75 Å². The van der Waals surface area contributed by atoms with Gasteiger partial charge >= 0.3 is 12.0 Å². The summed E-state index contributed by atoms with van der Waals surface area (Å²) in [5.41, 5.74) is 5.47. The van der Waals surface area contributed by atoms with Gasteiger partial charge in [-0.05, 0) is 72.4 Å². The van der Waals surface area contributed by atoms with Crippen molar-refractivity contribution in [2.75, 3.05) is 24.9 Å². The van der Waals surface area contributed by atoms with Gasteiger partial charge in [-0.25, -0.2) is 4.79 Å². The van der Waals surface area contributed by atoms with Crippen molar-refractivity contribution in [1.29, 1.82) is 0 Å². The molecule has 0 bridgehead atoms. The first-order chi connectivity index (χ1) is 17.5. The summed E-state index contributed by atoms with van der Waals surface area (Å²) in [6, 6.07) is 13.0. The summed E-state index contributed by atoms with van der Waals surface area (Å²) in [4.78, 5) is 23.3. The maximum absolute atomic E-state index is 12.3. The number of anilines is 2. The fourth-order valence-corrected chi connectivity index (χ4v) is 4.35. The van der Waals surface area contributed by atoms with Crippen molar-refractivity contribution >= 4 is 23.4 Å². The number of benzene rings is 2. The van der Waals surface area contributed by atoms with Crippen LogP contribution in [0.4, 0.5) is 16.2 Å². The Morgan fingerprint density at radius 3 is 2.11 bits per heavy atom. The lowest BCUT2D eigenvalue weighted by molar-refractivity contribution is -0.149. The molecule has 0 aliphatic heterocycles. The number of nitrogens with one attached hydrogen (secondary N) is 3. The van der Waals surface area contributed by atoms with E-state index < -0.39 is 12.0 Å². The summed E-state index contributed by atoms with van der Waals surface area (Å²) >= 11 is 0. The lowest BCUT2D eigenvalue weighted by Gasteiger charge is -2.26. The Balaban J connectivity index is 0. The molecule has 0 aromatic heterocycles. The molecule has 2 aromatic carbocycles. The molecular weight excluding hydrogens is 470 g/mol. The van der Waals surface area contributed by atoms with Crippen molar-refractivity contribution in [3.05, 3.63) is 53.6 Å². The molecule has 0 heterocycles. The number of esters is 1. The van der Waals surface area contributed by atoms with Crippen LogP contribution in [0.25, 0.3) is 0 Å². The average Bonchev–Trinajstić information content (AvgIpc) is 2.85. The predicted octanol–water partition coefficient (Wildman–Crippen LogP) is 7.23. The summed E-state index contributed by atoms with van der Waals surface area (Å²) in [5.74, 6) is 1.70. The summed E-state index contributed by atoms with van der Waals surface area (Å²) in [6.07, 6.45) is 5.15. The van der Waals surface area contributed by atoms with Gasteiger partial charge in [0.2, 0.25) is 0 Å². The van der Waals surface area contributed by atoms with Gasteiger partial charge in [0.05, 0.1) is 19.9 Å². The lowest BCUT2D eigenvalue weighted by atomic mass is 9.79. The summed E-state index contributed by atoms with van der Waals surface area (Å²) in [5, 5.41) is 14.4. The number of carbonyl (C=O) groups excluding carboxylic acids is 2. The maximum atomic E-state index is 12.3. The van der Waals surface area contributed by atoms with Gasteiger partial charge in [0.25, 0.3) is 0 Å². The number of methoxy groups -OCH3 is 2. The highest BCUT2D eigenvalue weighted by atomic mass is 16.5. The Bertz CT molecular complexity index is 1020. The van der Waals surface area contributed by atoms with Gasteiger partial charge in [-0.1, -0.05) is 58.7 Å². The highest BCUT2D eigenvalue weighted by Gasteiger charge is 2.31. The fraction of sp³-hybridized carbons (Fsp3) is 0.517. The zero-order valence-corrected chi connectivity index (χ0v) is 23.2. The molecular formula is C29H49N3O5. The van der Waals surface area contributed by atoms with E-state index in [1.165, 1.54) is 38.4 Å². The van der Waals surface area contributed by atoms with Crippen LogP contribution in [0.1, 0.15) is 74.7 Å². The summed E-state index contributed by atoms with van der Waals surface area (Å²) in [6.45, 7) is 9.81. The Labute approximate surface area is 225 Å². The van der Waals surface area contributed by atoms with Crippen molar-refractivity contribution in [3.63, 3.8) is 0 Å². The predicted molar refractivity (Wildman–Crippen MR) is 154 cm³/mol. The average molecular weight is 520 g/mol. The first-order valence-electron chi connectivity index (χ1n) is 12.8. The van der Waals surface area contributed by atoms with Gasteiger partial charge in [0.15, 0.2) is 0 Å². The largest absolute Gasteiger partial charge is 0.495 e. The molecule has 210 valence electrons. The molecule has 1 aliphatic rings. The molecule has 8 nitrogen and oxygen atoms in total. The molecule has 2 amide bonds. The third kappa shape index (κ3) is 9.37. The van der Waals surface area contributed by atoms with Crippen LogP contribution < -0.4 is 20.9 Å². The maximum Gasteiger partial charge on any atom is 0.325 e. The summed E-state index contributed by atoms with van der Waals surface area (Å²) < 4.78 is 9.77. The highest BCUT2D eigenvalue weighted by molar-refractivity contribution is 6.00. The molecule has 1 saturated carbocycles. The molecule has 3 rings (SSSR count). The minimum atomic E-state index is -0.674. The molecule has 1 atom stereocenters. The van der Waals surface area contributed by atoms with Crippen LogP contribution in [-0.2, 0) is 9.53 Å². The second-order valence-corrected chi connectivity index (χ2v) is 10.8. The van der Waals surface area contributed by atoms with E-state index in [9.17, 15) is 9.59 Å². The van der Waals surface area contributed by atoms with E-state index in [0.29, 0.717) is 17.4 Å². The second kappa shape index (κ2) is 14.0. The van der Waals surface area contributed by atoms with Crippen LogP contribution in [0.5, 0.6) is 5.75 Å². The van der Waals surface area contributed by atoms with Crippen LogP contribution in [0, 0.1) is 18.3 Å². The van der Waals surface area contributed by atoms with Gasteiger partial charge in [-0.3, -0.25) is 4.79 Å². The molecule has 2 aromatic rings. The second-order valence-electron chi connectivity index (χ2n) is 10.8. The number of rotatable bonds is 6. The van der Waals surface area contributed by atoms with E-state index in [1.54, 1.807) is 7.11 Å². The van der Waals surface area contributed by atoms with Crippen LogP contribution >= 0.6 is 0 Å². The molecule has 0 spiro atoms. The number of aryl methyl sites for hydroxylation is 1. The van der Waals surface area contributed by atoms with Gasteiger partial charge in [0, 0.05) is 9.97 Å². The molecule has 0 radical (unpaired) electrons. The van der Waals surface area contributed by atoms with Gasteiger partial charge in [-0.2, -0.15) is 5.48 Å². The molecule has 1 fully saturated rings. The summed E-state index contributed by atoms with van der Waals surface area (Å²) in [7, 11) is 2.89. The Kier molecular flexibility index (Phi) is 11.4. The van der Waals surface area contributed by atoms with Crippen molar-refractivity contribution < 1.29 is 28.5 Å². The standard InChI is InChI=1S/C22H28N2O2.C7H15NO3.3H2/c1-15-4-7-17(8-5-15)18-9-11-19(12-10-18)23-22(25)24-20-14-16(2)6-13-21(20)26-3;1-7(2,3)5(8-10)6(9)11-4;;;/h6,9-15,17H,4-5,7-8H2,1-3H3,(H2,23,24,25);5,8,10H,1-4H3;3*1H/t;5-;;;/m.1.../s1. The van der Waals surface area contributed by atoms with Crippen molar-refractivity contribution in [2.45, 2.75) is 72.3 Å². The zero-order valence-electron chi connectivity index (χ0n) is 23.2. The van der Waals surface area contributed by atoms with Gasteiger partial charge in [-0.15, -0.1) is 0 Å². The minimum absolute atomic E-state index is 0. The third-order valence-electron chi connectivity index (χ3n) is 6.69. The van der Waals surface area contributed by atoms with Crippen LogP contribution in [0.2, 0.25) is 0 Å². The van der Waals surface area contributed by atoms with Crippen molar-refractivity contribution in [2.24, 2.45) is 11.3 Å². The number of hydroxylamine groups is 1. The number of ether oxygens (including phenoxy) is 2. The van der Waals surface area contributed by atoms with E-state index in [0.717, 1.165) is 17.2 Å². The van der Waals surface area contributed by atoms with E-state index in [1.807, 2.05) is 63.5 Å². The zero-order chi connectivity index (χ0) is 27.6. The fourth-order valence-electron chi connectivity index (χ4n) is 4.35. The Hall–Kier alpha value is -3.10. The first-order valence-corrected chi connectivity index (χ1v) is 12.8. The normalized spacial score (nSPS) is 18.1. The van der Waals surface area contributed by atoms with Crippen molar-refractivity contribution in [1.82, 2.24) is 5.48 Å². The Morgan fingerprint density at radius 2 is 1.62 bits per heavy atom. The molecule has 4 N–H and O–H groups in total. The smallest absolute Gasteiger partial charge is 0.325 e. The van der Waals surface area contributed by atoms with Crippen LogP contribution in [0.15, 0.2) is 42.5 Å². The first kappa shape index (κ1) is 30.1. The van der Waals surface area contributed by atoms with Gasteiger partial charge < -0.3 is 25.3 Å². The van der Waals surface area contributed by atoms with Crippen LogP contribution in [0.3, 0.4) is 0 Å². The van der Waals surface area contributed by atoms with E-state index in [2.05, 4.69) is 34.4 Å².